The Kier molecular flexibility index (Phi) is 36.9. The Morgan fingerprint density at radius 1 is 0.701 bits per heavy atom. The zero-order valence-electron chi connectivity index (χ0n) is 78.8. The molecule has 4 saturated heterocycles. The Morgan fingerprint density at radius 3 is 2.13 bits per heavy atom. The van der Waals surface area contributed by atoms with Crippen LogP contribution in [0.1, 0.15) is 175 Å². The van der Waals surface area contributed by atoms with Gasteiger partial charge in [0.2, 0.25) is 23.6 Å². The minimum absolute atomic E-state index is 0.0110. The van der Waals surface area contributed by atoms with E-state index in [1.165, 1.54) is 35.2 Å². The number of benzene rings is 2. The number of alkyl carbamates (subject to hydrolysis) is 1. The SMILES string of the molecule is CO[C@H]1CC2CC[C@@H](C)[C@@](O)(O2)C(=O)C(=O)N2CCCC[C@H]2C(=O)O[C@H](CC[C@@H]2CC[C@@H](OC(=O)NCc3cnc(N4CCN(C(=O)CCOCCN5CCN(c6ncc(C(=O)NCCS(=O)(=O)c7ccc(C(=O)N8CCOc9ccc(-c%10ccc(N)nc%10)cc9C8)c(C)c7F)cn6)CC5)CC4)nc3)[C@H](OC)C2)C[C@@H](OC)[C@H](C)/C=C(\C)[C@@H](O)CC(=O)[C@H](C)C[C@H](C)/C=C/C=C/C=C/1C. The molecule has 34 nitrogen and oxygen atoms in total. The Morgan fingerprint density at radius 2 is 1.42 bits per heavy atom. The average Bonchev–Trinajstić information content (AvgIpc) is 0.943. The van der Waals surface area contributed by atoms with Crippen molar-refractivity contribution in [3.63, 3.8) is 0 Å². The van der Waals surface area contributed by atoms with Crippen molar-refractivity contribution in [3.8, 4) is 16.9 Å². The molecule has 0 radical (unpaired) electrons. The number of aliphatic hydroxyl groups excluding tert-OH is 1. The standard InChI is InChI=1S/C98H133FN14O20S/c1-62-16-12-11-13-17-63(2)83(126-8)53-76-24-19-67(6)98(123,133-76)90(117)93(120)113-33-15-14-18-78(113)94(121)131-75(52-84(127-9)66(5)49-65(4)80(115)54-79(114)64(3)48-62)25-20-69-21-27-82(85(50-69)128-10)132-97(122)107-57-70-55-103-95(104-56-70)111-40-38-109(39-41-111)88(116)31-44-129-45-42-108-34-36-110(37-35-108)96-105-59-74(60-106-96)91(118)101-32-47-134(124,125)86-29-26-77(68(7)89(86)99)92(119)112-43-46-130-81-28-22-71(51-73(81)61-112)72-23-30-87(100)102-58-72/h11-13,16-17,22-23,26,28-30,49,51,55-56,58-60,62,64,66-67,69,75-76,78,80,82-85,115,123H,14-15,18-21,24-25,27,31-48,50,52-54,57,61H2,1-10H3,(H2,100,102)(H,101,118)(H,107,122)/b13-11+,16-12+,63-17+,65-49+/t62-,64-,66-,67-,69-,75-,76?,78+,80+,82-,83+,84-,85-,98-/m1/s1. The number of sulfone groups is 1. The minimum Gasteiger partial charge on any atom is -0.491 e. The summed E-state index contributed by atoms with van der Waals surface area (Å²) in [6.45, 7) is 18.9. The highest BCUT2D eigenvalue weighted by atomic mass is 32.2. The van der Waals surface area contributed by atoms with Crippen molar-refractivity contribution < 1.29 is 99.3 Å². The van der Waals surface area contributed by atoms with Gasteiger partial charge in [0.05, 0.1) is 68.0 Å². The zero-order chi connectivity index (χ0) is 95.9. The Bertz CT molecular complexity index is 5110. The second kappa shape index (κ2) is 48.2. The van der Waals surface area contributed by atoms with Gasteiger partial charge in [0.15, 0.2) is 9.84 Å². The summed E-state index contributed by atoms with van der Waals surface area (Å²) in [5.74, 6) is -7.49. The molecule has 1 aliphatic carbocycles. The first-order chi connectivity index (χ1) is 64.3. The number of esters is 1. The fourth-order valence-corrected chi connectivity index (χ4v) is 19.9. The van der Waals surface area contributed by atoms with Gasteiger partial charge >= 0.3 is 12.1 Å². The number of ketones is 2. The number of nitrogens with one attached hydrogen (secondary N) is 2. The van der Waals surface area contributed by atoms with Crippen LogP contribution in [0.5, 0.6) is 5.75 Å². The van der Waals surface area contributed by atoms with E-state index in [-0.39, 0.29) is 124 Å². The number of pyridine rings is 1. The molecular formula is C98H133FN14O20S. The highest BCUT2D eigenvalue weighted by Crippen LogP contribution is 2.40. The molecule has 728 valence electrons. The van der Waals surface area contributed by atoms with E-state index in [1.807, 2.05) is 103 Å². The molecule has 6 aliphatic heterocycles. The number of nitrogens with zero attached hydrogens (tertiary/aromatic N) is 11. The normalized spacial score (nSPS) is 27.4. The molecule has 6 N–H and O–H groups in total. The van der Waals surface area contributed by atoms with Crippen molar-refractivity contribution in [2.45, 2.75) is 217 Å². The number of anilines is 3. The first-order valence-electron chi connectivity index (χ1n) is 47.0. The summed E-state index contributed by atoms with van der Waals surface area (Å²) in [7, 11) is 0.462. The van der Waals surface area contributed by atoms with Gasteiger partial charge in [0, 0.05) is 197 Å². The quantitative estimate of drug-likeness (QED) is 0.0166. The van der Waals surface area contributed by atoms with Crippen molar-refractivity contribution in [1.82, 2.24) is 55.2 Å². The van der Waals surface area contributed by atoms with E-state index in [9.17, 15) is 57.0 Å². The van der Waals surface area contributed by atoms with Crippen molar-refractivity contribution in [2.24, 2.45) is 29.6 Å². The fourth-order valence-electron chi connectivity index (χ4n) is 18.6. The maximum atomic E-state index is 16.0. The number of nitrogen functional groups attached to an aromatic ring is 1. The van der Waals surface area contributed by atoms with Crippen LogP contribution < -0.4 is 30.9 Å². The van der Waals surface area contributed by atoms with Crippen LogP contribution in [0, 0.1) is 42.3 Å². The molecule has 1 unspecified atom stereocenters. The second-order valence-corrected chi connectivity index (χ2v) is 38.7. The zero-order valence-corrected chi connectivity index (χ0v) is 79.6. The summed E-state index contributed by atoms with van der Waals surface area (Å²) < 4.78 is 91.7. The molecule has 14 atom stereocenters. The number of ether oxygens (including phenoxy) is 8. The number of carbonyl (C=O) groups excluding carboxylic acids is 8. The van der Waals surface area contributed by atoms with Crippen LogP contribution in [-0.4, -0.2) is 290 Å². The predicted molar refractivity (Wildman–Crippen MR) is 498 cm³/mol. The summed E-state index contributed by atoms with van der Waals surface area (Å²) in [6.07, 6.45) is 20.3. The summed E-state index contributed by atoms with van der Waals surface area (Å²) >= 11 is 0. The topological polar surface area (TPSA) is 419 Å². The lowest BCUT2D eigenvalue weighted by Crippen LogP contribution is -2.60. The van der Waals surface area contributed by atoms with Crippen molar-refractivity contribution in [2.75, 3.05) is 141 Å². The number of rotatable bonds is 24. The maximum Gasteiger partial charge on any atom is 0.407 e. The molecule has 7 aliphatic rings. The molecule has 5 aromatic rings. The van der Waals surface area contributed by atoms with Crippen LogP contribution in [0.25, 0.3) is 11.1 Å². The molecule has 5 amide bonds. The second-order valence-electron chi connectivity index (χ2n) is 36.6. The van der Waals surface area contributed by atoms with Gasteiger partial charge in [-0.05, 0) is 162 Å². The molecule has 12 rings (SSSR count). The number of aromatic nitrogens is 5. The van der Waals surface area contributed by atoms with E-state index in [0.29, 0.717) is 171 Å². The van der Waals surface area contributed by atoms with E-state index in [4.69, 9.17) is 43.6 Å². The Balaban J connectivity index is 0.543. The van der Waals surface area contributed by atoms with Gasteiger partial charge in [0.25, 0.3) is 23.5 Å². The molecule has 1 saturated carbocycles. The molecule has 0 spiro atoms. The van der Waals surface area contributed by atoms with Gasteiger partial charge in [-0.1, -0.05) is 70.2 Å². The van der Waals surface area contributed by atoms with E-state index < -0.39 is 122 Å². The molecule has 3 aromatic heterocycles. The number of amides is 5. The lowest BCUT2D eigenvalue weighted by Gasteiger charge is -2.42. The van der Waals surface area contributed by atoms with Gasteiger partial charge in [-0.25, -0.2) is 47.3 Å². The lowest BCUT2D eigenvalue weighted by atomic mass is 9.81. The van der Waals surface area contributed by atoms with Crippen molar-refractivity contribution in [3.05, 3.63) is 155 Å². The number of Topliss-reactive ketones (excluding diaryl/α,β-unsaturated/α-hetero) is 2. The molecule has 5 fully saturated rings. The van der Waals surface area contributed by atoms with Crippen LogP contribution in [0.2, 0.25) is 0 Å². The molecule has 9 heterocycles. The number of allylic oxidation sites excluding steroid dienone is 5. The number of hydrogen-bond donors (Lipinski definition) is 5. The predicted octanol–water partition coefficient (Wildman–Crippen LogP) is 9.48. The molecule has 36 heteroatoms. The number of carbonyl (C=O) groups is 8. The van der Waals surface area contributed by atoms with Gasteiger partial charge in [-0.3, -0.25) is 33.7 Å². The van der Waals surface area contributed by atoms with Crippen molar-refractivity contribution in [1.29, 1.82) is 0 Å². The number of piperazine rings is 2. The van der Waals surface area contributed by atoms with Crippen LogP contribution in [-0.2, 0) is 80.1 Å². The van der Waals surface area contributed by atoms with E-state index in [0.717, 1.165) is 28.3 Å². The number of halogens is 1. The summed E-state index contributed by atoms with van der Waals surface area (Å²) in [4.78, 5) is 144. The third kappa shape index (κ3) is 27.2. The maximum absolute atomic E-state index is 16.0. The number of cyclic esters (lactones) is 1. The average molecular weight is 1880 g/mol. The highest BCUT2D eigenvalue weighted by Gasteiger charge is 2.53. The Labute approximate surface area is 784 Å². The fraction of sp³-hybridized carbons (Fsp3) is 0.582. The molecule has 2 bridgehead atoms. The number of nitrogens with two attached hydrogens (primary N) is 1. The van der Waals surface area contributed by atoms with E-state index in [1.54, 1.807) is 59.8 Å². The number of piperidine rings is 1. The lowest BCUT2D eigenvalue weighted by molar-refractivity contribution is -0.265. The highest BCUT2D eigenvalue weighted by molar-refractivity contribution is 7.91. The summed E-state index contributed by atoms with van der Waals surface area (Å²) in [5.41, 5.74) is 10.3. The van der Waals surface area contributed by atoms with Crippen LogP contribution in [0.15, 0.2) is 126 Å². The number of aliphatic hydroxyl groups is 2. The van der Waals surface area contributed by atoms with Crippen LogP contribution >= 0.6 is 0 Å². The van der Waals surface area contributed by atoms with E-state index >= 15 is 4.39 Å². The monoisotopic (exact) mass is 1880 g/mol. The molecular weight excluding hydrogens is 1740 g/mol. The smallest absolute Gasteiger partial charge is 0.407 e. The first-order valence-corrected chi connectivity index (χ1v) is 48.6. The number of methoxy groups -OCH3 is 3. The first kappa shape index (κ1) is 102. The third-order valence-corrected chi connectivity index (χ3v) is 28.8. The van der Waals surface area contributed by atoms with Crippen LogP contribution in [0.3, 0.4) is 0 Å². The molecule has 134 heavy (non-hydrogen) atoms. The van der Waals surface area contributed by atoms with E-state index in [2.05, 4.69) is 40.5 Å². The van der Waals surface area contributed by atoms with Gasteiger partial charge in [-0.2, -0.15) is 0 Å². The minimum atomic E-state index is -4.26. The summed E-state index contributed by atoms with van der Waals surface area (Å²) in [5, 5.41) is 29.0. The largest absolute Gasteiger partial charge is 0.491 e. The Hall–Kier alpha value is -10.6. The van der Waals surface area contributed by atoms with Crippen LogP contribution in [0.4, 0.5) is 26.9 Å². The number of fused-ring (bicyclic) bond motifs is 4. The summed E-state index contributed by atoms with van der Waals surface area (Å²) in [6, 6.07) is 10.4. The van der Waals surface area contributed by atoms with Gasteiger partial charge in [0.1, 0.15) is 52.9 Å². The van der Waals surface area contributed by atoms with Gasteiger partial charge < -0.3 is 89.0 Å². The van der Waals surface area contributed by atoms with Gasteiger partial charge in [-0.15, -0.1) is 0 Å². The van der Waals surface area contributed by atoms with Crippen molar-refractivity contribution >= 4 is 74.8 Å². The molecule has 2 aromatic carbocycles. The number of hydrogen-bond acceptors (Lipinski definition) is 29. The third-order valence-electron chi connectivity index (χ3n) is 27.1.